The molecule has 12 nitrogen and oxygen atoms in total. The summed E-state index contributed by atoms with van der Waals surface area (Å²) in [6, 6.07) is 0. The SMILES string of the molecule is CCCCCCCCCCCCCCCCCCCCCCOCC(COC1OC(CO)C(O)C(OS(=O)(=O)O)C1O)OC(=O)CCCCCCCCCCCCCCC. The summed E-state index contributed by atoms with van der Waals surface area (Å²) in [5, 5.41) is 30.7. The van der Waals surface area contributed by atoms with E-state index in [2.05, 4.69) is 18.0 Å². The smallest absolute Gasteiger partial charge is 0.397 e. The highest BCUT2D eigenvalue weighted by Crippen LogP contribution is 2.26. The molecule has 0 aliphatic carbocycles. The Morgan fingerprint density at radius 1 is 0.567 bits per heavy atom. The van der Waals surface area contributed by atoms with Gasteiger partial charge in [0, 0.05) is 13.0 Å². The Morgan fingerprint density at radius 2 is 0.950 bits per heavy atom. The van der Waals surface area contributed by atoms with Crippen molar-refractivity contribution in [1.82, 2.24) is 0 Å². The zero-order chi connectivity index (χ0) is 43.9. The van der Waals surface area contributed by atoms with E-state index in [0.717, 1.165) is 38.5 Å². The van der Waals surface area contributed by atoms with Crippen molar-refractivity contribution in [2.24, 2.45) is 0 Å². The van der Waals surface area contributed by atoms with Crippen molar-refractivity contribution in [2.45, 2.75) is 269 Å². The van der Waals surface area contributed by atoms with Gasteiger partial charge in [-0.05, 0) is 12.8 Å². The van der Waals surface area contributed by atoms with Crippen molar-refractivity contribution in [3.05, 3.63) is 0 Å². The van der Waals surface area contributed by atoms with E-state index in [4.69, 9.17) is 23.5 Å². The summed E-state index contributed by atoms with van der Waals surface area (Å²) < 4.78 is 59.2. The molecule has 1 fully saturated rings. The molecule has 0 bridgehead atoms. The molecule has 1 rings (SSSR count). The van der Waals surface area contributed by atoms with Gasteiger partial charge in [-0.1, -0.05) is 213 Å². The van der Waals surface area contributed by atoms with Gasteiger partial charge in [0.05, 0.1) is 19.8 Å². The zero-order valence-electron chi connectivity index (χ0n) is 38.3. The number of esters is 1. The lowest BCUT2D eigenvalue weighted by Gasteiger charge is -2.41. The standard InChI is InChI=1S/C47H92O12S/c1-3-5-7-9-11-13-15-17-18-19-20-21-22-23-25-27-29-31-33-35-37-55-39-41(40-56-47-45(51)46(59-60(52,53)54)44(50)42(38-48)58-47)57-43(49)36-34-32-30-28-26-24-16-14-12-10-8-6-4-2/h41-42,44-48,50-51H,3-40H2,1-2H3,(H,52,53,54). The van der Waals surface area contributed by atoms with Crippen molar-refractivity contribution >= 4 is 16.4 Å². The fourth-order valence-corrected chi connectivity index (χ4v) is 8.48. The first-order chi connectivity index (χ1) is 29.1. The normalized spacial score (nSPS) is 20.1. The van der Waals surface area contributed by atoms with Crippen LogP contribution >= 0.6 is 0 Å². The number of carbonyl (C=O) groups is 1. The molecule has 6 unspecified atom stereocenters. The van der Waals surface area contributed by atoms with Crippen LogP contribution in [0.4, 0.5) is 0 Å². The van der Waals surface area contributed by atoms with Gasteiger partial charge in [-0.25, -0.2) is 4.18 Å². The minimum absolute atomic E-state index is 0.0449. The summed E-state index contributed by atoms with van der Waals surface area (Å²) in [5.41, 5.74) is 0. The molecule has 0 radical (unpaired) electrons. The highest BCUT2D eigenvalue weighted by Gasteiger charge is 2.48. The second-order valence-electron chi connectivity index (χ2n) is 17.4. The summed E-state index contributed by atoms with van der Waals surface area (Å²) in [6.45, 7) is 4.04. The van der Waals surface area contributed by atoms with Crippen molar-refractivity contribution in [1.29, 1.82) is 0 Å². The minimum Gasteiger partial charge on any atom is -0.457 e. The lowest BCUT2D eigenvalue weighted by atomic mass is 9.99. The quantitative estimate of drug-likeness (QED) is 0.0259. The molecule has 1 aliphatic rings. The molecule has 0 amide bonds. The van der Waals surface area contributed by atoms with E-state index in [1.807, 2.05) is 0 Å². The van der Waals surface area contributed by atoms with Gasteiger partial charge < -0.3 is 34.3 Å². The van der Waals surface area contributed by atoms with E-state index in [0.29, 0.717) is 13.0 Å². The monoisotopic (exact) mass is 881 g/mol. The van der Waals surface area contributed by atoms with Crippen molar-refractivity contribution < 1.29 is 56.2 Å². The van der Waals surface area contributed by atoms with E-state index in [1.54, 1.807) is 0 Å². The first-order valence-electron chi connectivity index (χ1n) is 24.8. The van der Waals surface area contributed by atoms with Crippen LogP contribution in [0.15, 0.2) is 0 Å². The van der Waals surface area contributed by atoms with Crippen LogP contribution in [0, 0.1) is 0 Å². The van der Waals surface area contributed by atoms with E-state index < -0.39 is 59.8 Å². The molecule has 0 aromatic heterocycles. The Bertz CT molecular complexity index is 1060. The van der Waals surface area contributed by atoms with Crippen LogP contribution in [-0.4, -0.2) is 97.5 Å². The van der Waals surface area contributed by atoms with Crippen LogP contribution in [0.25, 0.3) is 0 Å². The Labute approximate surface area is 366 Å². The van der Waals surface area contributed by atoms with Crippen molar-refractivity contribution in [3.8, 4) is 0 Å². The Hall–Kier alpha value is -0.900. The third-order valence-electron chi connectivity index (χ3n) is 11.7. The number of aliphatic hydroxyl groups is 3. The summed E-state index contributed by atoms with van der Waals surface area (Å²) in [5.74, 6) is -0.393. The molecule has 60 heavy (non-hydrogen) atoms. The van der Waals surface area contributed by atoms with Crippen LogP contribution in [0.1, 0.15) is 232 Å². The Balaban J connectivity index is 2.34. The highest BCUT2D eigenvalue weighted by atomic mass is 32.3. The van der Waals surface area contributed by atoms with Gasteiger partial charge in [-0.2, -0.15) is 8.42 Å². The number of ether oxygens (including phenoxy) is 4. The zero-order valence-corrected chi connectivity index (χ0v) is 39.1. The number of hydrogen-bond donors (Lipinski definition) is 4. The summed E-state index contributed by atoms with van der Waals surface area (Å²) in [6.07, 6.45) is 32.8. The molecule has 1 saturated heterocycles. The lowest BCUT2D eigenvalue weighted by molar-refractivity contribution is -0.301. The van der Waals surface area contributed by atoms with Gasteiger partial charge >= 0.3 is 16.4 Å². The molecular formula is C47H92O12S. The van der Waals surface area contributed by atoms with E-state index in [-0.39, 0.29) is 19.6 Å². The molecule has 358 valence electrons. The van der Waals surface area contributed by atoms with Gasteiger partial charge in [0.1, 0.15) is 30.5 Å². The highest BCUT2D eigenvalue weighted by molar-refractivity contribution is 7.80. The molecule has 0 aromatic rings. The average Bonchev–Trinajstić information content (AvgIpc) is 3.22. The number of hydrogen-bond acceptors (Lipinski definition) is 11. The van der Waals surface area contributed by atoms with Gasteiger partial charge in [0.25, 0.3) is 0 Å². The van der Waals surface area contributed by atoms with Crippen LogP contribution in [0.2, 0.25) is 0 Å². The van der Waals surface area contributed by atoms with Crippen molar-refractivity contribution in [3.63, 3.8) is 0 Å². The largest absolute Gasteiger partial charge is 0.457 e. The molecule has 1 aliphatic heterocycles. The van der Waals surface area contributed by atoms with Gasteiger partial charge in [-0.3, -0.25) is 9.35 Å². The first-order valence-corrected chi connectivity index (χ1v) is 26.2. The molecular weight excluding hydrogens is 789 g/mol. The fourth-order valence-electron chi connectivity index (χ4n) is 7.97. The second kappa shape index (κ2) is 39.7. The van der Waals surface area contributed by atoms with Crippen LogP contribution in [0.5, 0.6) is 0 Å². The molecule has 0 aromatic carbocycles. The number of carbonyl (C=O) groups excluding carboxylic acids is 1. The van der Waals surface area contributed by atoms with Gasteiger partial charge in [0.2, 0.25) is 0 Å². The first kappa shape index (κ1) is 57.1. The maximum atomic E-state index is 12.8. The van der Waals surface area contributed by atoms with Gasteiger partial charge in [0.15, 0.2) is 6.29 Å². The molecule has 6 atom stereocenters. The number of aliphatic hydroxyl groups excluding tert-OH is 3. The molecule has 1 heterocycles. The molecule has 13 heteroatoms. The lowest BCUT2D eigenvalue weighted by Crippen LogP contribution is -2.60. The van der Waals surface area contributed by atoms with E-state index >= 15 is 0 Å². The fraction of sp³-hybridized carbons (Fsp3) is 0.979. The minimum atomic E-state index is -5.06. The van der Waals surface area contributed by atoms with Crippen LogP contribution in [-0.2, 0) is 38.3 Å². The molecule has 4 N–H and O–H groups in total. The average molecular weight is 881 g/mol. The topological polar surface area (TPSA) is 178 Å². The predicted octanol–water partition coefficient (Wildman–Crippen LogP) is 10.9. The predicted molar refractivity (Wildman–Crippen MR) is 239 cm³/mol. The molecule has 0 spiro atoms. The summed E-state index contributed by atoms with van der Waals surface area (Å²) in [4.78, 5) is 12.8. The third kappa shape index (κ3) is 32.7. The van der Waals surface area contributed by atoms with Gasteiger partial charge in [-0.15, -0.1) is 0 Å². The van der Waals surface area contributed by atoms with Crippen molar-refractivity contribution in [2.75, 3.05) is 26.4 Å². The van der Waals surface area contributed by atoms with E-state index in [9.17, 15) is 28.5 Å². The third-order valence-corrected chi connectivity index (χ3v) is 12.2. The number of unbranched alkanes of at least 4 members (excludes halogenated alkanes) is 31. The van der Waals surface area contributed by atoms with Crippen LogP contribution < -0.4 is 0 Å². The molecule has 0 saturated carbocycles. The van der Waals surface area contributed by atoms with Crippen LogP contribution in [0.3, 0.4) is 0 Å². The summed E-state index contributed by atoms with van der Waals surface area (Å²) in [7, 11) is -5.06. The Morgan fingerprint density at radius 3 is 1.33 bits per heavy atom. The maximum Gasteiger partial charge on any atom is 0.397 e. The Kier molecular flexibility index (Phi) is 37.8. The number of rotatable bonds is 44. The second-order valence-corrected chi connectivity index (χ2v) is 18.5. The summed E-state index contributed by atoms with van der Waals surface area (Å²) >= 11 is 0. The maximum absolute atomic E-state index is 12.8. The van der Waals surface area contributed by atoms with E-state index in [1.165, 1.54) is 167 Å².